The van der Waals surface area contributed by atoms with Gasteiger partial charge in [-0.2, -0.15) is 5.10 Å². The normalized spacial score (nSPS) is 10.5. The van der Waals surface area contributed by atoms with Gasteiger partial charge in [0.25, 0.3) is 5.91 Å². The molecule has 0 atom stereocenters. The van der Waals surface area contributed by atoms with Crippen LogP contribution in [0.25, 0.3) is 0 Å². The molecule has 0 saturated carbocycles. The first-order valence-corrected chi connectivity index (χ1v) is 7.14. The van der Waals surface area contributed by atoms with Crippen LogP contribution in [-0.4, -0.2) is 22.3 Å². The summed E-state index contributed by atoms with van der Waals surface area (Å²) in [4.78, 5) is 11.3. The summed E-state index contributed by atoms with van der Waals surface area (Å²) in [5.41, 5.74) is 6.65. The number of rotatable bonds is 6. The lowest BCUT2D eigenvalue weighted by Gasteiger charge is -2.12. The third kappa shape index (κ3) is 3.39. The van der Waals surface area contributed by atoms with E-state index in [1.165, 1.54) is 0 Å². The third-order valence-corrected chi connectivity index (χ3v) is 3.27. The summed E-state index contributed by atoms with van der Waals surface area (Å²) in [6.45, 7) is 3.14. The van der Waals surface area contributed by atoms with Crippen molar-refractivity contribution in [1.29, 1.82) is 0 Å². The Labute approximate surface area is 125 Å². The Bertz CT molecular complexity index is 610. The Morgan fingerprint density at radius 3 is 2.95 bits per heavy atom. The maximum atomic E-state index is 11.3. The SMILES string of the molecule is CCCOc1cc(Br)ccc1Cn1nccc1C(N)=O. The average Bonchev–Trinajstić information content (AvgIpc) is 2.87. The molecule has 0 aliphatic carbocycles. The maximum absolute atomic E-state index is 11.3. The fourth-order valence-electron chi connectivity index (χ4n) is 1.83. The highest BCUT2D eigenvalue weighted by Crippen LogP contribution is 2.25. The van der Waals surface area contributed by atoms with Gasteiger partial charge in [-0.05, 0) is 24.6 Å². The highest BCUT2D eigenvalue weighted by Gasteiger charge is 2.11. The summed E-state index contributed by atoms with van der Waals surface area (Å²) < 4.78 is 8.25. The van der Waals surface area contributed by atoms with Crippen molar-refractivity contribution in [2.75, 3.05) is 6.61 Å². The number of hydrogen-bond donors (Lipinski definition) is 1. The van der Waals surface area contributed by atoms with Gasteiger partial charge >= 0.3 is 0 Å². The van der Waals surface area contributed by atoms with Gasteiger partial charge in [-0.25, -0.2) is 0 Å². The molecule has 0 aliphatic rings. The molecule has 1 heterocycles. The Balaban J connectivity index is 2.28. The number of benzene rings is 1. The molecular weight excluding hydrogens is 322 g/mol. The van der Waals surface area contributed by atoms with Crippen molar-refractivity contribution in [1.82, 2.24) is 9.78 Å². The zero-order chi connectivity index (χ0) is 14.5. The van der Waals surface area contributed by atoms with E-state index >= 15 is 0 Å². The van der Waals surface area contributed by atoms with Crippen molar-refractivity contribution in [3.05, 3.63) is 46.2 Å². The summed E-state index contributed by atoms with van der Waals surface area (Å²) in [6, 6.07) is 7.40. The average molecular weight is 338 g/mol. The van der Waals surface area contributed by atoms with E-state index in [1.807, 2.05) is 18.2 Å². The molecule has 0 bridgehead atoms. The Kier molecular flexibility index (Phi) is 4.79. The number of aromatic nitrogens is 2. The summed E-state index contributed by atoms with van der Waals surface area (Å²) in [5.74, 6) is 0.294. The van der Waals surface area contributed by atoms with E-state index in [0.717, 1.165) is 22.2 Å². The lowest BCUT2D eigenvalue weighted by molar-refractivity contribution is 0.0990. The molecule has 0 spiro atoms. The second-order valence-electron chi connectivity index (χ2n) is 4.34. The second-order valence-corrected chi connectivity index (χ2v) is 5.25. The molecule has 2 rings (SSSR count). The van der Waals surface area contributed by atoms with Crippen molar-refractivity contribution in [2.45, 2.75) is 19.9 Å². The van der Waals surface area contributed by atoms with Gasteiger partial charge in [0, 0.05) is 16.2 Å². The molecule has 1 amide bonds. The second kappa shape index (κ2) is 6.56. The molecule has 0 radical (unpaired) electrons. The molecule has 0 fully saturated rings. The van der Waals surface area contributed by atoms with Crippen LogP contribution in [0.5, 0.6) is 5.75 Å². The third-order valence-electron chi connectivity index (χ3n) is 2.78. The van der Waals surface area contributed by atoms with Gasteiger partial charge in [0.05, 0.1) is 13.2 Å². The van der Waals surface area contributed by atoms with E-state index in [0.29, 0.717) is 18.8 Å². The van der Waals surface area contributed by atoms with Crippen LogP contribution in [0.4, 0.5) is 0 Å². The molecule has 20 heavy (non-hydrogen) atoms. The summed E-state index contributed by atoms with van der Waals surface area (Å²) in [5, 5.41) is 4.13. The van der Waals surface area contributed by atoms with Crippen LogP contribution >= 0.6 is 15.9 Å². The van der Waals surface area contributed by atoms with E-state index in [4.69, 9.17) is 10.5 Å². The quantitative estimate of drug-likeness (QED) is 0.880. The lowest BCUT2D eigenvalue weighted by atomic mass is 10.2. The Morgan fingerprint density at radius 2 is 2.25 bits per heavy atom. The lowest BCUT2D eigenvalue weighted by Crippen LogP contribution is -2.18. The number of primary amides is 1. The number of carbonyl (C=O) groups excluding carboxylic acids is 1. The molecule has 0 unspecified atom stereocenters. The highest BCUT2D eigenvalue weighted by atomic mass is 79.9. The molecule has 1 aromatic carbocycles. The summed E-state index contributed by atoms with van der Waals surface area (Å²) in [7, 11) is 0. The maximum Gasteiger partial charge on any atom is 0.266 e. The summed E-state index contributed by atoms with van der Waals surface area (Å²) >= 11 is 3.43. The van der Waals surface area contributed by atoms with E-state index in [2.05, 4.69) is 28.0 Å². The molecular formula is C14H16BrN3O2. The predicted octanol–water partition coefficient (Wildman–Crippen LogP) is 2.58. The van der Waals surface area contributed by atoms with Crippen LogP contribution < -0.4 is 10.5 Å². The number of nitrogens with two attached hydrogens (primary N) is 1. The van der Waals surface area contributed by atoms with Crippen LogP contribution in [0.15, 0.2) is 34.9 Å². The standard InChI is InChI=1S/C14H16BrN3O2/c1-2-7-20-13-8-11(15)4-3-10(13)9-18-12(14(16)19)5-6-17-18/h3-6,8H,2,7,9H2,1H3,(H2,16,19). The zero-order valence-corrected chi connectivity index (χ0v) is 12.8. The van der Waals surface area contributed by atoms with E-state index < -0.39 is 5.91 Å². The zero-order valence-electron chi connectivity index (χ0n) is 11.2. The monoisotopic (exact) mass is 337 g/mol. The smallest absolute Gasteiger partial charge is 0.266 e. The van der Waals surface area contributed by atoms with Gasteiger partial charge in [0.1, 0.15) is 11.4 Å². The number of halogens is 1. The van der Waals surface area contributed by atoms with Crippen LogP contribution in [0, 0.1) is 0 Å². The minimum Gasteiger partial charge on any atom is -0.493 e. The molecule has 106 valence electrons. The van der Waals surface area contributed by atoms with Crippen LogP contribution in [-0.2, 0) is 6.54 Å². The largest absolute Gasteiger partial charge is 0.493 e. The van der Waals surface area contributed by atoms with Gasteiger partial charge in [0.2, 0.25) is 0 Å². The first kappa shape index (κ1) is 14.6. The van der Waals surface area contributed by atoms with Crippen LogP contribution in [0.3, 0.4) is 0 Å². The van der Waals surface area contributed by atoms with E-state index in [-0.39, 0.29) is 0 Å². The molecule has 2 aromatic rings. The molecule has 2 N–H and O–H groups in total. The van der Waals surface area contributed by atoms with Gasteiger partial charge in [0.15, 0.2) is 0 Å². The van der Waals surface area contributed by atoms with Crippen molar-refractivity contribution in [3.8, 4) is 5.75 Å². The van der Waals surface area contributed by atoms with Gasteiger partial charge in [-0.1, -0.05) is 28.9 Å². The van der Waals surface area contributed by atoms with Crippen molar-refractivity contribution < 1.29 is 9.53 Å². The van der Waals surface area contributed by atoms with Crippen LogP contribution in [0.1, 0.15) is 29.4 Å². The number of carbonyl (C=O) groups is 1. The van der Waals surface area contributed by atoms with Crippen molar-refractivity contribution >= 4 is 21.8 Å². The molecule has 0 aliphatic heterocycles. The first-order valence-electron chi connectivity index (χ1n) is 6.34. The topological polar surface area (TPSA) is 70.1 Å². The molecule has 1 aromatic heterocycles. The first-order chi connectivity index (χ1) is 9.61. The fourth-order valence-corrected chi connectivity index (χ4v) is 2.17. The van der Waals surface area contributed by atoms with Gasteiger partial charge < -0.3 is 10.5 Å². The van der Waals surface area contributed by atoms with Crippen molar-refractivity contribution in [2.24, 2.45) is 5.73 Å². The number of nitrogens with zero attached hydrogens (tertiary/aromatic N) is 2. The fraction of sp³-hybridized carbons (Fsp3) is 0.286. The Morgan fingerprint density at radius 1 is 1.45 bits per heavy atom. The van der Waals surface area contributed by atoms with Gasteiger partial charge in [-0.3, -0.25) is 9.48 Å². The minimum absolute atomic E-state index is 0.384. The Hall–Kier alpha value is -1.82. The van der Waals surface area contributed by atoms with E-state index in [1.54, 1.807) is 16.9 Å². The number of ether oxygens (including phenoxy) is 1. The molecule has 0 saturated heterocycles. The van der Waals surface area contributed by atoms with E-state index in [9.17, 15) is 4.79 Å². The predicted molar refractivity (Wildman–Crippen MR) is 79.8 cm³/mol. The molecule has 5 nitrogen and oxygen atoms in total. The van der Waals surface area contributed by atoms with Gasteiger partial charge in [-0.15, -0.1) is 0 Å². The minimum atomic E-state index is -0.490. The van der Waals surface area contributed by atoms with Crippen LogP contribution in [0.2, 0.25) is 0 Å². The highest BCUT2D eigenvalue weighted by molar-refractivity contribution is 9.10. The number of hydrogen-bond acceptors (Lipinski definition) is 3. The molecule has 6 heteroatoms. The van der Waals surface area contributed by atoms with Crippen molar-refractivity contribution in [3.63, 3.8) is 0 Å². The number of amides is 1. The summed E-state index contributed by atoms with van der Waals surface area (Å²) in [6.07, 6.45) is 2.49.